The number of hydrogen-bond donors (Lipinski definition) is 1. The summed E-state index contributed by atoms with van der Waals surface area (Å²) in [7, 11) is 1.95. The first kappa shape index (κ1) is 18.4. The summed E-state index contributed by atoms with van der Waals surface area (Å²) in [6.45, 7) is 7.75. The van der Waals surface area contributed by atoms with Gasteiger partial charge in [0.25, 0.3) is 11.8 Å². The van der Waals surface area contributed by atoms with Crippen LogP contribution in [0, 0.1) is 0 Å². The van der Waals surface area contributed by atoms with Gasteiger partial charge in [0.05, 0.1) is 22.5 Å². The average Bonchev–Trinajstić information content (AvgIpc) is 3.34. The molecule has 7 nitrogen and oxygen atoms in total. The number of imidazole rings is 1. The molecule has 7 heteroatoms. The number of imide groups is 1. The van der Waals surface area contributed by atoms with Gasteiger partial charge in [-0.3, -0.25) is 19.3 Å². The highest BCUT2D eigenvalue weighted by Gasteiger charge is 2.36. The van der Waals surface area contributed by atoms with Gasteiger partial charge >= 0.3 is 0 Å². The number of rotatable bonds is 2. The number of pyridine rings is 1. The standard InChI is InChI=1S/C21H16N4O2.CH2O/c1-4-8-14-12(5-2)22-19-17-15(11-9-6-7-10-13(11)24(17)3)16-18(25(14)19)21(27)23-20(16)26;1-2/h4-10H,2H2,1,3H3,(H,23,26,27);1H2/b8-4-;. The number of aromatic nitrogens is 3. The van der Waals surface area contributed by atoms with Gasteiger partial charge in [0.2, 0.25) is 0 Å². The molecule has 0 fully saturated rings. The fraction of sp³-hybridized carbons (Fsp3) is 0.0909. The fourth-order valence-corrected chi connectivity index (χ4v) is 4.10. The van der Waals surface area contributed by atoms with E-state index in [1.54, 1.807) is 10.5 Å². The van der Waals surface area contributed by atoms with Crippen molar-refractivity contribution in [2.75, 3.05) is 0 Å². The third-order valence-electron chi connectivity index (χ3n) is 5.16. The molecule has 144 valence electrons. The van der Waals surface area contributed by atoms with Crippen molar-refractivity contribution in [3.05, 3.63) is 59.6 Å². The van der Waals surface area contributed by atoms with Crippen LogP contribution in [0.2, 0.25) is 0 Å². The number of nitrogens with zero attached hydrogens (tertiary/aromatic N) is 3. The molecule has 1 aromatic carbocycles. The van der Waals surface area contributed by atoms with Gasteiger partial charge in [0.1, 0.15) is 12.5 Å². The van der Waals surface area contributed by atoms with E-state index >= 15 is 0 Å². The minimum Gasteiger partial charge on any atom is -0.341 e. The summed E-state index contributed by atoms with van der Waals surface area (Å²) < 4.78 is 3.80. The number of benzene rings is 1. The zero-order valence-electron chi connectivity index (χ0n) is 16.0. The lowest BCUT2D eigenvalue weighted by atomic mass is 10.1. The smallest absolute Gasteiger partial charge is 0.276 e. The van der Waals surface area contributed by atoms with E-state index in [0.717, 1.165) is 27.5 Å². The molecule has 1 N–H and O–H groups in total. The Hall–Kier alpha value is -4.00. The quantitative estimate of drug-likeness (QED) is 0.535. The topological polar surface area (TPSA) is 85.5 Å². The predicted octanol–water partition coefficient (Wildman–Crippen LogP) is 3.35. The van der Waals surface area contributed by atoms with Crippen molar-refractivity contribution in [2.24, 2.45) is 7.05 Å². The second-order valence-electron chi connectivity index (χ2n) is 6.55. The molecular weight excluding hydrogens is 368 g/mol. The van der Waals surface area contributed by atoms with Crippen molar-refractivity contribution in [3.8, 4) is 0 Å². The number of hydrogen-bond acceptors (Lipinski definition) is 4. The Morgan fingerprint density at radius 2 is 1.86 bits per heavy atom. The fourth-order valence-electron chi connectivity index (χ4n) is 4.10. The SMILES string of the molecule is C=Cc1nc2c3c(c4c(n2c1/C=C\C)C(=O)NC4=O)c1ccccc1n3C.C=O. The van der Waals surface area contributed by atoms with Gasteiger partial charge in [-0.1, -0.05) is 30.9 Å². The lowest BCUT2D eigenvalue weighted by Gasteiger charge is -2.07. The molecule has 0 saturated carbocycles. The normalized spacial score (nSPS) is 13.2. The third-order valence-corrected chi connectivity index (χ3v) is 5.16. The highest BCUT2D eigenvalue weighted by Crippen LogP contribution is 2.38. The van der Waals surface area contributed by atoms with Gasteiger partial charge in [-0.05, 0) is 25.1 Å². The number of allylic oxidation sites excluding steroid dienone is 1. The number of nitrogens with one attached hydrogen (secondary N) is 1. The highest BCUT2D eigenvalue weighted by molar-refractivity contribution is 6.31. The van der Waals surface area contributed by atoms with Crippen molar-refractivity contribution in [1.29, 1.82) is 0 Å². The van der Waals surface area contributed by atoms with E-state index in [1.165, 1.54) is 0 Å². The summed E-state index contributed by atoms with van der Waals surface area (Å²) in [6.07, 6.45) is 5.42. The summed E-state index contributed by atoms with van der Waals surface area (Å²) in [5.74, 6) is -0.785. The molecule has 1 aliphatic heterocycles. The Bertz CT molecular complexity index is 1390. The molecule has 5 rings (SSSR count). The minimum atomic E-state index is -0.409. The summed E-state index contributed by atoms with van der Waals surface area (Å²) in [5, 5.41) is 4.13. The number of aryl methyl sites for hydroxylation is 1. The second-order valence-corrected chi connectivity index (χ2v) is 6.55. The van der Waals surface area contributed by atoms with Crippen LogP contribution in [0.5, 0.6) is 0 Å². The molecule has 4 heterocycles. The zero-order chi connectivity index (χ0) is 20.9. The Morgan fingerprint density at radius 3 is 2.55 bits per heavy atom. The minimum absolute atomic E-state index is 0.326. The molecule has 0 saturated heterocycles. The molecule has 0 aliphatic carbocycles. The maximum Gasteiger partial charge on any atom is 0.276 e. The molecular formula is C22H18N4O3. The van der Waals surface area contributed by atoms with Crippen LogP contribution in [0.15, 0.2) is 36.9 Å². The number of para-hydroxylation sites is 1. The number of fused-ring (bicyclic) bond motifs is 8. The molecule has 0 unspecified atom stereocenters. The maximum atomic E-state index is 12.7. The Morgan fingerprint density at radius 1 is 1.14 bits per heavy atom. The maximum absolute atomic E-state index is 12.7. The van der Waals surface area contributed by atoms with E-state index in [2.05, 4.69) is 11.9 Å². The summed E-state index contributed by atoms with van der Waals surface area (Å²) in [5.41, 5.74) is 4.56. The van der Waals surface area contributed by atoms with E-state index in [4.69, 9.17) is 9.78 Å². The molecule has 0 spiro atoms. The van der Waals surface area contributed by atoms with Crippen LogP contribution in [0.1, 0.15) is 39.2 Å². The lowest BCUT2D eigenvalue weighted by molar-refractivity contribution is -0.0980. The monoisotopic (exact) mass is 386 g/mol. The van der Waals surface area contributed by atoms with Gasteiger partial charge in [0.15, 0.2) is 5.65 Å². The Balaban J connectivity index is 0.000000994. The summed E-state index contributed by atoms with van der Waals surface area (Å²) in [6, 6.07) is 7.85. The van der Waals surface area contributed by atoms with Crippen LogP contribution in [-0.2, 0) is 11.8 Å². The summed E-state index contributed by atoms with van der Waals surface area (Å²) >= 11 is 0. The van der Waals surface area contributed by atoms with Crippen molar-refractivity contribution in [1.82, 2.24) is 19.3 Å². The van der Waals surface area contributed by atoms with Gasteiger partial charge in [-0.25, -0.2) is 4.98 Å². The van der Waals surface area contributed by atoms with E-state index < -0.39 is 5.91 Å². The largest absolute Gasteiger partial charge is 0.341 e. The van der Waals surface area contributed by atoms with Crippen molar-refractivity contribution >= 4 is 58.2 Å². The molecule has 4 aromatic rings. The molecule has 3 aromatic heterocycles. The Kier molecular flexibility index (Phi) is 4.15. The molecule has 2 amide bonds. The van der Waals surface area contributed by atoms with E-state index in [0.29, 0.717) is 22.6 Å². The number of carbonyl (C=O) groups is 3. The van der Waals surface area contributed by atoms with Gasteiger partial charge in [0, 0.05) is 23.3 Å². The number of carbonyl (C=O) groups excluding carboxylic acids is 3. The lowest BCUT2D eigenvalue weighted by Crippen LogP contribution is -2.20. The molecule has 0 atom stereocenters. The van der Waals surface area contributed by atoms with Gasteiger partial charge < -0.3 is 9.36 Å². The number of amides is 2. The second kappa shape index (κ2) is 6.56. The molecule has 0 bridgehead atoms. The third kappa shape index (κ3) is 2.24. The Labute approximate surface area is 165 Å². The van der Waals surface area contributed by atoms with E-state index in [9.17, 15) is 9.59 Å². The first-order valence-corrected chi connectivity index (χ1v) is 8.93. The van der Waals surface area contributed by atoms with E-state index in [-0.39, 0.29) is 5.91 Å². The van der Waals surface area contributed by atoms with Gasteiger partial charge in [-0.2, -0.15) is 0 Å². The van der Waals surface area contributed by atoms with Crippen LogP contribution in [0.4, 0.5) is 0 Å². The zero-order valence-corrected chi connectivity index (χ0v) is 16.0. The average molecular weight is 386 g/mol. The van der Waals surface area contributed by atoms with Crippen molar-refractivity contribution < 1.29 is 14.4 Å². The van der Waals surface area contributed by atoms with Crippen LogP contribution < -0.4 is 5.32 Å². The van der Waals surface area contributed by atoms with Gasteiger partial charge in [-0.15, -0.1) is 0 Å². The van der Waals surface area contributed by atoms with Crippen LogP contribution in [0.25, 0.3) is 39.6 Å². The van der Waals surface area contributed by atoms with Crippen LogP contribution in [-0.4, -0.2) is 32.6 Å². The molecule has 0 radical (unpaired) electrons. The predicted molar refractivity (Wildman–Crippen MR) is 113 cm³/mol. The van der Waals surface area contributed by atoms with E-state index in [1.807, 2.05) is 61.7 Å². The highest BCUT2D eigenvalue weighted by atomic mass is 16.2. The first-order chi connectivity index (χ1) is 14.1. The van der Waals surface area contributed by atoms with Crippen molar-refractivity contribution in [2.45, 2.75) is 6.92 Å². The van der Waals surface area contributed by atoms with Crippen LogP contribution >= 0.6 is 0 Å². The first-order valence-electron chi connectivity index (χ1n) is 8.93. The van der Waals surface area contributed by atoms with Crippen molar-refractivity contribution in [3.63, 3.8) is 0 Å². The summed E-state index contributed by atoms with van der Waals surface area (Å²) in [4.78, 5) is 38.2. The van der Waals surface area contributed by atoms with Crippen LogP contribution in [0.3, 0.4) is 0 Å². The molecule has 29 heavy (non-hydrogen) atoms. The molecule has 1 aliphatic rings.